The van der Waals surface area contributed by atoms with E-state index >= 15 is 0 Å². The van der Waals surface area contributed by atoms with Gasteiger partial charge in [-0.2, -0.15) is 0 Å². The molecule has 24 nitrogen and oxygen atoms in total. The summed E-state index contributed by atoms with van der Waals surface area (Å²) in [5.74, 6) is -5.21. The molecule has 0 saturated heterocycles. The maximum Gasteiger partial charge on any atom is 0.410 e. The van der Waals surface area contributed by atoms with Crippen molar-refractivity contribution in [3.8, 4) is 0 Å². The fraction of sp³-hybridized carbons (Fsp3) is 0.458. The number of rotatable bonds is 27. The van der Waals surface area contributed by atoms with Crippen molar-refractivity contribution in [2.45, 2.75) is 135 Å². The smallest absolute Gasteiger partial charge is 0.410 e. The number of ether oxygens (including phenoxy) is 1. The number of aliphatic hydroxyl groups excluding tert-OH is 1. The Morgan fingerprint density at radius 3 is 2.25 bits per heavy atom. The van der Waals surface area contributed by atoms with Crippen LogP contribution in [-0.4, -0.2) is 146 Å². The number of hydrogen-bond acceptors (Lipinski definition) is 15. The van der Waals surface area contributed by atoms with Gasteiger partial charge in [-0.3, -0.25) is 53.0 Å². The molecule has 9 amide bonds. The molecule has 1 fully saturated rings. The molecule has 442 valence electrons. The van der Waals surface area contributed by atoms with Crippen molar-refractivity contribution in [3.05, 3.63) is 100 Å². The first-order valence-electron chi connectivity index (χ1n) is 28.0. The predicted molar refractivity (Wildman–Crippen MR) is 305 cm³/mol. The Hall–Kier alpha value is -8.80. The lowest BCUT2D eigenvalue weighted by Gasteiger charge is -2.28. The van der Waals surface area contributed by atoms with E-state index in [4.69, 9.17) is 10.5 Å². The van der Waals surface area contributed by atoms with Crippen molar-refractivity contribution in [1.82, 2.24) is 35.6 Å². The number of pyridine rings is 1. The number of nitrogens with zero attached hydrogens (tertiary/aromatic N) is 5. The fourth-order valence-electron chi connectivity index (χ4n) is 9.92. The highest BCUT2D eigenvalue weighted by Gasteiger charge is 2.51. The maximum atomic E-state index is 14.0. The van der Waals surface area contributed by atoms with Gasteiger partial charge in [0, 0.05) is 86.5 Å². The second-order valence-electron chi connectivity index (χ2n) is 21.5. The number of aliphatic imine (C=N–C) groups is 1. The number of carbonyl (C=O) groups excluding carboxylic acids is 9. The second kappa shape index (κ2) is 28.3. The number of carboxylic acid groups (broad SMARTS) is 1. The van der Waals surface area contributed by atoms with Crippen LogP contribution in [0, 0.1) is 5.92 Å². The molecule has 9 N–H and O–H groups in total. The SMILES string of the molecule is CCCN(CCO)C(=O)C1=Cc2ccc(C3(C(=O)Nc4cnc5c(c4)CN(C(=O)OCc4ccc(NC(=O)C(C)NC(=O)C(NC(=O)C(CCC(=O)O)NC(=O)CCCCCN6C(=O)C=CC6=O)C(C)C)cc4)CC5)CC3)cc2N=C(N)C1. The van der Waals surface area contributed by atoms with Gasteiger partial charge in [0.25, 0.3) is 11.8 Å². The van der Waals surface area contributed by atoms with E-state index in [1.54, 1.807) is 60.2 Å². The fourth-order valence-corrected chi connectivity index (χ4v) is 9.92. The first kappa shape index (κ1) is 61.8. The van der Waals surface area contributed by atoms with Crippen molar-refractivity contribution in [1.29, 1.82) is 0 Å². The molecule has 4 aliphatic rings. The van der Waals surface area contributed by atoms with E-state index < -0.39 is 83.4 Å². The molecular formula is C59H73N11O13. The average molecular weight is 1140 g/mol. The van der Waals surface area contributed by atoms with E-state index in [0.29, 0.717) is 85.4 Å². The number of benzene rings is 2. The lowest BCUT2D eigenvalue weighted by atomic mass is 9.92. The van der Waals surface area contributed by atoms with E-state index in [9.17, 15) is 58.2 Å². The third kappa shape index (κ3) is 16.4. The summed E-state index contributed by atoms with van der Waals surface area (Å²) in [4.78, 5) is 142. The number of aliphatic carboxylic acids is 1. The number of anilines is 2. The van der Waals surface area contributed by atoms with Crippen molar-refractivity contribution in [3.63, 3.8) is 0 Å². The summed E-state index contributed by atoms with van der Waals surface area (Å²) in [7, 11) is 0. The summed E-state index contributed by atoms with van der Waals surface area (Å²) in [6.45, 7) is 7.98. The zero-order valence-corrected chi connectivity index (χ0v) is 47.2. The summed E-state index contributed by atoms with van der Waals surface area (Å²) >= 11 is 0. The second-order valence-corrected chi connectivity index (χ2v) is 21.5. The van der Waals surface area contributed by atoms with Crippen LogP contribution < -0.4 is 32.3 Å². The highest BCUT2D eigenvalue weighted by molar-refractivity contribution is 6.13. The molecule has 83 heavy (non-hydrogen) atoms. The molecule has 0 spiro atoms. The molecule has 1 aliphatic carbocycles. The minimum atomic E-state index is -1.28. The molecule has 3 aliphatic heterocycles. The Kier molecular flexibility index (Phi) is 21.0. The van der Waals surface area contributed by atoms with Crippen LogP contribution in [0.25, 0.3) is 6.08 Å². The van der Waals surface area contributed by atoms with Crippen LogP contribution in [0.15, 0.2) is 77.4 Å². The van der Waals surface area contributed by atoms with Crippen LogP contribution in [-0.2, 0) is 72.9 Å². The molecule has 1 aromatic heterocycles. The normalized spacial score (nSPS) is 16.0. The zero-order chi connectivity index (χ0) is 60.0. The molecule has 2 aromatic carbocycles. The van der Waals surface area contributed by atoms with Gasteiger partial charge < -0.3 is 57.1 Å². The van der Waals surface area contributed by atoms with Gasteiger partial charge in [0.2, 0.25) is 35.4 Å². The Balaban J connectivity index is 0.859. The van der Waals surface area contributed by atoms with Crippen LogP contribution in [0.3, 0.4) is 0 Å². The first-order chi connectivity index (χ1) is 39.7. The van der Waals surface area contributed by atoms with Crippen LogP contribution >= 0.6 is 0 Å². The molecule has 3 aromatic rings. The first-order valence-corrected chi connectivity index (χ1v) is 28.0. The zero-order valence-electron chi connectivity index (χ0n) is 47.2. The van der Waals surface area contributed by atoms with Crippen LogP contribution in [0.4, 0.5) is 21.9 Å². The summed E-state index contributed by atoms with van der Waals surface area (Å²) in [6.07, 6.45) is 8.40. The summed E-state index contributed by atoms with van der Waals surface area (Å²) in [6, 6.07) is 10.4. The highest BCUT2D eigenvalue weighted by atomic mass is 16.6. The number of nitrogens with one attached hydrogen (secondary N) is 5. The number of amides is 9. The molecular weight excluding hydrogens is 1070 g/mol. The van der Waals surface area contributed by atoms with Crippen molar-refractivity contribution >= 4 is 88.3 Å². The van der Waals surface area contributed by atoms with Crippen molar-refractivity contribution < 1.29 is 62.9 Å². The van der Waals surface area contributed by atoms with Crippen LogP contribution in [0.5, 0.6) is 0 Å². The number of carboxylic acids is 1. The Bertz CT molecular complexity index is 3060. The van der Waals surface area contributed by atoms with Crippen molar-refractivity contribution in [2.24, 2.45) is 16.6 Å². The number of hydrogen-bond donors (Lipinski definition) is 8. The maximum absolute atomic E-state index is 14.0. The predicted octanol–water partition coefficient (Wildman–Crippen LogP) is 3.87. The number of nitrogens with two attached hydrogens (primary N) is 1. The average Bonchev–Trinajstić information content (AvgIpc) is 2.67. The number of amidine groups is 1. The van der Waals surface area contributed by atoms with Gasteiger partial charge in [0.1, 0.15) is 30.6 Å². The minimum Gasteiger partial charge on any atom is -0.481 e. The van der Waals surface area contributed by atoms with E-state index in [2.05, 4.69) is 36.6 Å². The third-order valence-electron chi connectivity index (χ3n) is 14.8. The number of aliphatic hydroxyl groups is 1. The number of aromatic nitrogens is 1. The molecule has 0 radical (unpaired) electrons. The summed E-state index contributed by atoms with van der Waals surface area (Å²) in [5.41, 5.74) is 11.0. The van der Waals surface area contributed by atoms with Gasteiger partial charge in [0.05, 0.1) is 36.1 Å². The Morgan fingerprint density at radius 2 is 1.58 bits per heavy atom. The molecule has 7 rings (SSSR count). The van der Waals surface area contributed by atoms with E-state index in [-0.39, 0.29) is 69.8 Å². The lowest BCUT2D eigenvalue weighted by Crippen LogP contribution is -2.57. The van der Waals surface area contributed by atoms with Gasteiger partial charge in [-0.05, 0) is 98.4 Å². The minimum absolute atomic E-state index is 0.00936. The van der Waals surface area contributed by atoms with Gasteiger partial charge in [-0.1, -0.05) is 51.5 Å². The summed E-state index contributed by atoms with van der Waals surface area (Å²) in [5, 5.41) is 32.4. The van der Waals surface area contributed by atoms with E-state index in [1.807, 2.05) is 31.2 Å². The molecule has 3 unspecified atom stereocenters. The molecule has 3 atom stereocenters. The lowest BCUT2D eigenvalue weighted by molar-refractivity contribution is -0.139. The summed E-state index contributed by atoms with van der Waals surface area (Å²) < 4.78 is 5.67. The molecule has 24 heteroatoms. The number of carbonyl (C=O) groups is 10. The highest BCUT2D eigenvalue weighted by Crippen LogP contribution is 2.50. The van der Waals surface area contributed by atoms with Gasteiger partial charge in [-0.25, -0.2) is 9.79 Å². The monoisotopic (exact) mass is 1140 g/mol. The van der Waals surface area contributed by atoms with Crippen LogP contribution in [0.2, 0.25) is 0 Å². The molecule has 0 bridgehead atoms. The van der Waals surface area contributed by atoms with Gasteiger partial charge >= 0.3 is 12.1 Å². The number of unbranched alkanes of at least 4 members (excludes halogenated alkanes) is 2. The van der Waals surface area contributed by atoms with Crippen molar-refractivity contribution in [2.75, 3.05) is 43.4 Å². The Morgan fingerprint density at radius 1 is 0.843 bits per heavy atom. The third-order valence-corrected chi connectivity index (χ3v) is 14.8. The standard InChI is InChI=1S/C59H73N11O13/c1-5-23-68(26-27-71)56(80)39-28-38-12-13-41(31-46(38)65-47(60)30-39)59(21-22-59)57(81)64-43-29-40-33-69(25-20-44(40)61-32-43)58(82)83-34-37-10-14-42(15-11-37)63-53(77)36(4)62-55(79)52(35(2)3)67-54(78)45(16-19-51(75)76)66-48(72)9-7-6-8-24-70-49(73)17-18-50(70)74/h10-15,17-18,28-29,31-32,35-36,45,52,71H,5-9,16,19-27,30,33-34H2,1-4H3,(H2,60,65)(H,62,79)(H,63,77)(H,64,81)(H,66,72)(H,67,78)(H,75,76). The number of fused-ring (bicyclic) bond motifs is 2. The van der Waals surface area contributed by atoms with E-state index in [1.165, 1.54) is 19.1 Å². The van der Waals surface area contributed by atoms with Gasteiger partial charge in [0.15, 0.2) is 0 Å². The Labute approximate surface area is 480 Å². The van der Waals surface area contributed by atoms with Crippen LogP contribution in [0.1, 0.15) is 120 Å². The quantitative estimate of drug-likeness (QED) is 0.0397. The van der Waals surface area contributed by atoms with E-state index in [0.717, 1.165) is 28.1 Å². The molecule has 1 saturated carbocycles. The molecule has 4 heterocycles. The largest absolute Gasteiger partial charge is 0.481 e. The topological polar surface area (TPSA) is 342 Å². The number of imide groups is 1. The van der Waals surface area contributed by atoms with Gasteiger partial charge in [-0.15, -0.1) is 0 Å².